The predicted molar refractivity (Wildman–Crippen MR) is 87.4 cm³/mol. The summed E-state index contributed by atoms with van der Waals surface area (Å²) in [5, 5.41) is 12.8. The molecule has 0 bridgehead atoms. The van der Waals surface area contributed by atoms with Crippen molar-refractivity contribution in [2.75, 3.05) is 11.9 Å². The highest BCUT2D eigenvalue weighted by Gasteiger charge is 2.15. The third-order valence-corrected chi connectivity index (χ3v) is 4.13. The Hall–Kier alpha value is -1.55. The van der Waals surface area contributed by atoms with E-state index in [2.05, 4.69) is 19.2 Å². The smallest absolute Gasteiger partial charge is 0.224 e. The zero-order valence-corrected chi connectivity index (χ0v) is 13.6. The van der Waals surface area contributed by atoms with Crippen LogP contribution in [0.5, 0.6) is 5.75 Å². The Balaban J connectivity index is 2.60. The van der Waals surface area contributed by atoms with Crippen molar-refractivity contribution in [3.05, 3.63) is 23.3 Å². The number of hydrogen-bond acceptors (Lipinski definition) is 3. The molecule has 4 N–H and O–H groups in total. The number of carbonyl (C=O) groups is 1. The summed E-state index contributed by atoms with van der Waals surface area (Å²) in [4.78, 5) is 12.1. The van der Waals surface area contributed by atoms with Gasteiger partial charge in [-0.1, -0.05) is 19.9 Å². The molecule has 0 aliphatic carbocycles. The number of phenols is 1. The van der Waals surface area contributed by atoms with Crippen molar-refractivity contribution in [3.63, 3.8) is 0 Å². The minimum Gasteiger partial charge on any atom is -0.507 e. The van der Waals surface area contributed by atoms with Gasteiger partial charge in [0, 0.05) is 17.7 Å². The van der Waals surface area contributed by atoms with E-state index in [0.717, 1.165) is 18.4 Å². The number of anilines is 1. The van der Waals surface area contributed by atoms with Crippen LogP contribution in [0.3, 0.4) is 0 Å². The zero-order valence-electron chi connectivity index (χ0n) is 13.6. The van der Waals surface area contributed by atoms with Gasteiger partial charge in [0.1, 0.15) is 5.75 Å². The number of hydrogen-bond donors (Lipinski definition) is 3. The number of benzene rings is 1. The number of phenolic OH excluding ortho intramolecular Hbond substituents is 1. The first-order chi connectivity index (χ1) is 9.86. The normalized spacial score (nSPS) is 12.5. The van der Waals surface area contributed by atoms with Crippen LogP contribution in [0.25, 0.3) is 0 Å². The van der Waals surface area contributed by atoms with Gasteiger partial charge in [0.25, 0.3) is 0 Å². The van der Waals surface area contributed by atoms with Gasteiger partial charge in [-0.2, -0.15) is 0 Å². The van der Waals surface area contributed by atoms with E-state index in [4.69, 9.17) is 5.73 Å². The molecule has 1 atom stereocenters. The van der Waals surface area contributed by atoms with Gasteiger partial charge < -0.3 is 16.2 Å². The van der Waals surface area contributed by atoms with Crippen molar-refractivity contribution in [1.82, 2.24) is 0 Å². The molecule has 21 heavy (non-hydrogen) atoms. The molecule has 1 aromatic carbocycles. The summed E-state index contributed by atoms with van der Waals surface area (Å²) in [6.45, 7) is 8.65. The van der Waals surface area contributed by atoms with Crippen LogP contribution >= 0.6 is 0 Å². The molecule has 118 valence electrons. The molecule has 0 aliphatic heterocycles. The van der Waals surface area contributed by atoms with Gasteiger partial charge in [-0.3, -0.25) is 4.79 Å². The third-order valence-electron chi connectivity index (χ3n) is 4.13. The van der Waals surface area contributed by atoms with E-state index in [0.29, 0.717) is 36.1 Å². The number of nitrogens with two attached hydrogens (primary N) is 1. The van der Waals surface area contributed by atoms with Crippen LogP contribution in [0, 0.1) is 25.7 Å². The molecule has 0 radical (unpaired) electrons. The molecular formula is C17H28N2O2. The molecule has 1 unspecified atom stereocenters. The molecule has 0 heterocycles. The van der Waals surface area contributed by atoms with Gasteiger partial charge in [0.2, 0.25) is 5.91 Å². The van der Waals surface area contributed by atoms with Gasteiger partial charge in [-0.05, 0) is 56.7 Å². The van der Waals surface area contributed by atoms with Gasteiger partial charge in [-0.15, -0.1) is 0 Å². The molecule has 0 aliphatic rings. The quantitative estimate of drug-likeness (QED) is 0.721. The lowest BCUT2D eigenvalue weighted by atomic mass is 9.88. The van der Waals surface area contributed by atoms with Gasteiger partial charge in [0.05, 0.1) is 0 Å². The summed E-state index contributed by atoms with van der Waals surface area (Å²) in [6, 6.07) is 3.64. The average Bonchev–Trinajstić information content (AvgIpc) is 2.43. The van der Waals surface area contributed by atoms with Crippen molar-refractivity contribution in [2.24, 2.45) is 17.6 Å². The lowest BCUT2D eigenvalue weighted by molar-refractivity contribution is -0.116. The summed E-state index contributed by atoms with van der Waals surface area (Å²) in [5.41, 5.74) is 7.83. The van der Waals surface area contributed by atoms with Crippen LogP contribution in [0.4, 0.5) is 5.69 Å². The summed E-state index contributed by atoms with van der Waals surface area (Å²) >= 11 is 0. The molecular weight excluding hydrogens is 264 g/mol. The Morgan fingerprint density at radius 3 is 2.52 bits per heavy atom. The molecule has 0 aromatic heterocycles. The number of aromatic hydroxyl groups is 1. The van der Waals surface area contributed by atoms with E-state index in [1.54, 1.807) is 0 Å². The fraction of sp³-hybridized carbons (Fsp3) is 0.588. The molecule has 0 saturated carbocycles. The summed E-state index contributed by atoms with van der Waals surface area (Å²) < 4.78 is 0. The van der Waals surface area contributed by atoms with Gasteiger partial charge in [0.15, 0.2) is 0 Å². The van der Waals surface area contributed by atoms with Crippen molar-refractivity contribution >= 4 is 11.6 Å². The molecule has 0 fully saturated rings. The molecule has 1 rings (SSSR count). The fourth-order valence-corrected chi connectivity index (χ4v) is 2.53. The first kappa shape index (κ1) is 17.5. The lowest BCUT2D eigenvalue weighted by Crippen LogP contribution is -2.18. The van der Waals surface area contributed by atoms with E-state index in [1.165, 1.54) is 0 Å². The van der Waals surface area contributed by atoms with Crippen molar-refractivity contribution in [3.8, 4) is 5.75 Å². The number of amides is 1. The van der Waals surface area contributed by atoms with E-state index in [1.807, 2.05) is 26.0 Å². The topological polar surface area (TPSA) is 75.4 Å². The Morgan fingerprint density at radius 2 is 1.95 bits per heavy atom. The molecule has 1 aromatic rings. The van der Waals surface area contributed by atoms with Crippen LogP contribution in [0.2, 0.25) is 0 Å². The minimum absolute atomic E-state index is 0.0102. The molecule has 4 nitrogen and oxygen atoms in total. The molecule has 0 saturated heterocycles. The second-order valence-electron chi connectivity index (χ2n) is 6.07. The minimum atomic E-state index is -0.0102. The van der Waals surface area contributed by atoms with Crippen LogP contribution in [0.15, 0.2) is 12.1 Å². The lowest BCUT2D eigenvalue weighted by Gasteiger charge is -2.20. The summed E-state index contributed by atoms with van der Waals surface area (Å²) in [7, 11) is 0. The monoisotopic (exact) mass is 292 g/mol. The Labute approximate surface area is 127 Å². The van der Waals surface area contributed by atoms with Crippen molar-refractivity contribution < 1.29 is 9.90 Å². The van der Waals surface area contributed by atoms with Crippen LogP contribution in [-0.4, -0.2) is 17.6 Å². The number of nitrogens with one attached hydrogen (secondary N) is 1. The maximum Gasteiger partial charge on any atom is 0.224 e. The van der Waals surface area contributed by atoms with Gasteiger partial charge >= 0.3 is 0 Å². The second kappa shape index (κ2) is 8.03. The highest BCUT2D eigenvalue weighted by Crippen LogP contribution is 2.28. The first-order valence-corrected chi connectivity index (χ1v) is 7.65. The number of rotatable bonds is 7. The Morgan fingerprint density at radius 1 is 1.29 bits per heavy atom. The van der Waals surface area contributed by atoms with Crippen LogP contribution < -0.4 is 11.1 Å². The zero-order chi connectivity index (χ0) is 16.0. The SMILES string of the molecule is Cc1ccc(NC(=O)CCC(CCN)C(C)C)c(C)c1O. The summed E-state index contributed by atoms with van der Waals surface area (Å²) in [6.07, 6.45) is 2.28. The van der Waals surface area contributed by atoms with E-state index in [-0.39, 0.29) is 11.7 Å². The maximum absolute atomic E-state index is 12.1. The predicted octanol–water partition coefficient (Wildman–Crippen LogP) is 3.35. The second-order valence-corrected chi connectivity index (χ2v) is 6.07. The van der Waals surface area contributed by atoms with Crippen molar-refractivity contribution in [2.45, 2.75) is 47.0 Å². The largest absolute Gasteiger partial charge is 0.507 e. The first-order valence-electron chi connectivity index (χ1n) is 7.65. The highest BCUT2D eigenvalue weighted by atomic mass is 16.3. The average molecular weight is 292 g/mol. The number of carbonyl (C=O) groups excluding carboxylic acids is 1. The Bertz CT molecular complexity index is 484. The van der Waals surface area contributed by atoms with Crippen LogP contribution in [-0.2, 0) is 4.79 Å². The molecule has 0 spiro atoms. The van der Waals surface area contributed by atoms with Crippen molar-refractivity contribution in [1.29, 1.82) is 0 Å². The highest BCUT2D eigenvalue weighted by molar-refractivity contribution is 5.91. The van der Waals surface area contributed by atoms with E-state index >= 15 is 0 Å². The van der Waals surface area contributed by atoms with E-state index < -0.39 is 0 Å². The van der Waals surface area contributed by atoms with Crippen LogP contribution in [0.1, 0.15) is 44.2 Å². The fourth-order valence-electron chi connectivity index (χ4n) is 2.53. The number of aryl methyl sites for hydroxylation is 1. The maximum atomic E-state index is 12.1. The molecule has 1 amide bonds. The van der Waals surface area contributed by atoms with E-state index in [9.17, 15) is 9.90 Å². The Kier molecular flexibility index (Phi) is 6.69. The summed E-state index contributed by atoms with van der Waals surface area (Å²) in [5.74, 6) is 1.25. The molecule has 4 heteroatoms. The standard InChI is InChI=1S/C17H28N2O2/c1-11(2)14(9-10-18)6-8-16(20)19-15-7-5-12(3)17(21)13(15)4/h5,7,11,14,21H,6,8-10,18H2,1-4H3,(H,19,20). The third kappa shape index (κ3) is 5.05. The van der Waals surface area contributed by atoms with Gasteiger partial charge in [-0.25, -0.2) is 0 Å².